The number of thiophene rings is 2. The Bertz CT molecular complexity index is 1310. The number of amides is 1. The first-order chi connectivity index (χ1) is 16.5. The van der Waals surface area contributed by atoms with Gasteiger partial charge in [-0.25, -0.2) is 4.68 Å². The summed E-state index contributed by atoms with van der Waals surface area (Å²) < 4.78 is 1.86. The van der Waals surface area contributed by atoms with Crippen molar-refractivity contribution in [3.63, 3.8) is 0 Å². The molecule has 0 atom stereocenters. The number of hydrogen-bond acceptors (Lipinski definition) is 4. The second-order valence-corrected chi connectivity index (χ2v) is 10.8. The largest absolute Gasteiger partial charge is 0.350 e. The summed E-state index contributed by atoms with van der Waals surface area (Å²) in [5.41, 5.74) is 3.52. The van der Waals surface area contributed by atoms with E-state index in [4.69, 9.17) is 28.3 Å². The number of hydrogen-bond donors (Lipinski definition) is 1. The number of aromatic nitrogens is 2. The molecule has 3 heterocycles. The smallest absolute Gasteiger partial charge is 0.225 e. The van der Waals surface area contributed by atoms with Crippen LogP contribution in [-0.2, 0) is 17.8 Å². The van der Waals surface area contributed by atoms with E-state index in [0.29, 0.717) is 23.0 Å². The minimum absolute atomic E-state index is 0.0260. The number of unbranched alkanes of at least 4 members (excludes halogenated alkanes) is 1. The third kappa shape index (κ3) is 5.81. The molecule has 0 aliphatic heterocycles. The van der Waals surface area contributed by atoms with Crippen LogP contribution in [0.1, 0.15) is 40.8 Å². The van der Waals surface area contributed by atoms with E-state index in [1.807, 2.05) is 35.2 Å². The van der Waals surface area contributed by atoms with Crippen LogP contribution in [0.25, 0.3) is 22.3 Å². The molecule has 4 rings (SSSR count). The molecule has 4 nitrogen and oxygen atoms in total. The highest BCUT2D eigenvalue weighted by Crippen LogP contribution is 2.36. The van der Waals surface area contributed by atoms with Gasteiger partial charge in [-0.15, -0.1) is 22.7 Å². The summed E-state index contributed by atoms with van der Waals surface area (Å²) in [6.07, 6.45) is 6.90. The van der Waals surface area contributed by atoms with Gasteiger partial charge >= 0.3 is 0 Å². The van der Waals surface area contributed by atoms with Crippen molar-refractivity contribution < 1.29 is 4.79 Å². The second-order valence-electron chi connectivity index (χ2n) is 7.85. The Labute approximate surface area is 217 Å². The van der Waals surface area contributed by atoms with Gasteiger partial charge in [0.25, 0.3) is 0 Å². The standard InChI is InChI=1S/C26H25Cl2N3OS2/c1-3-4-5-7-19-10-12-24(34-19)26-17(2)22(16-29-25(32)15-20-8-6-13-33-20)30-31(26)23-11-9-18(27)14-21(23)28/h5-14H,3-4,15-16H2,1-2H3,(H,29,32). The molecule has 0 spiro atoms. The van der Waals surface area contributed by atoms with Gasteiger partial charge in [-0.1, -0.05) is 48.7 Å². The zero-order valence-corrected chi connectivity index (χ0v) is 22.1. The molecule has 1 N–H and O–H groups in total. The van der Waals surface area contributed by atoms with Crippen LogP contribution in [0.2, 0.25) is 10.0 Å². The van der Waals surface area contributed by atoms with Gasteiger partial charge in [0.05, 0.1) is 39.9 Å². The Morgan fingerprint density at radius 1 is 1.21 bits per heavy atom. The lowest BCUT2D eigenvalue weighted by Crippen LogP contribution is -2.24. The van der Waals surface area contributed by atoms with Crippen molar-refractivity contribution in [2.24, 2.45) is 0 Å². The summed E-state index contributed by atoms with van der Waals surface area (Å²) in [5.74, 6) is -0.0260. The number of halogens is 2. The Balaban J connectivity index is 1.67. The van der Waals surface area contributed by atoms with Crippen LogP contribution in [0.15, 0.2) is 53.9 Å². The fraction of sp³-hybridized carbons (Fsp3) is 0.231. The summed E-state index contributed by atoms with van der Waals surface area (Å²) in [6, 6.07) is 13.5. The molecule has 0 unspecified atom stereocenters. The molecule has 0 radical (unpaired) electrons. The number of allylic oxidation sites excluding steroid dienone is 1. The van der Waals surface area contributed by atoms with Crippen LogP contribution in [0, 0.1) is 6.92 Å². The van der Waals surface area contributed by atoms with Crippen molar-refractivity contribution in [3.8, 4) is 16.3 Å². The molecule has 1 amide bonds. The first-order valence-corrected chi connectivity index (χ1v) is 13.5. The Hall–Kier alpha value is -2.38. The number of carbonyl (C=O) groups excluding carboxylic acids is 1. The average molecular weight is 531 g/mol. The van der Waals surface area contributed by atoms with Crippen molar-refractivity contribution in [3.05, 3.63) is 85.0 Å². The Morgan fingerprint density at radius 2 is 2.06 bits per heavy atom. The molecular formula is C26H25Cl2N3OS2. The van der Waals surface area contributed by atoms with Gasteiger partial charge in [-0.2, -0.15) is 5.10 Å². The lowest BCUT2D eigenvalue weighted by atomic mass is 10.1. The second kappa shape index (κ2) is 11.4. The number of nitrogens with zero attached hydrogens (tertiary/aromatic N) is 2. The van der Waals surface area contributed by atoms with Crippen LogP contribution in [0.4, 0.5) is 0 Å². The molecule has 34 heavy (non-hydrogen) atoms. The molecule has 4 aromatic rings. The fourth-order valence-electron chi connectivity index (χ4n) is 3.58. The van der Waals surface area contributed by atoms with Gasteiger partial charge in [0.15, 0.2) is 0 Å². The monoisotopic (exact) mass is 529 g/mol. The van der Waals surface area contributed by atoms with Crippen LogP contribution in [0.5, 0.6) is 0 Å². The van der Waals surface area contributed by atoms with Crippen LogP contribution in [0.3, 0.4) is 0 Å². The number of nitrogens with one attached hydrogen (secondary N) is 1. The van der Waals surface area contributed by atoms with Gasteiger partial charge < -0.3 is 5.32 Å². The predicted molar refractivity (Wildman–Crippen MR) is 145 cm³/mol. The van der Waals surface area contributed by atoms with Gasteiger partial charge in [-0.05, 0) is 61.2 Å². The minimum Gasteiger partial charge on any atom is -0.350 e. The summed E-state index contributed by atoms with van der Waals surface area (Å²) >= 11 is 16.0. The maximum absolute atomic E-state index is 12.5. The molecule has 0 aliphatic rings. The van der Waals surface area contributed by atoms with Crippen molar-refractivity contribution >= 4 is 57.9 Å². The highest BCUT2D eigenvalue weighted by atomic mass is 35.5. The van der Waals surface area contributed by atoms with Gasteiger partial charge in [0, 0.05) is 20.3 Å². The van der Waals surface area contributed by atoms with E-state index in [0.717, 1.165) is 45.2 Å². The zero-order chi connectivity index (χ0) is 24.1. The molecule has 0 bridgehead atoms. The third-order valence-electron chi connectivity index (χ3n) is 5.32. The lowest BCUT2D eigenvalue weighted by Gasteiger charge is -2.09. The van der Waals surface area contributed by atoms with Gasteiger partial charge in [-0.3, -0.25) is 4.79 Å². The summed E-state index contributed by atoms with van der Waals surface area (Å²) in [4.78, 5) is 15.8. The molecule has 176 valence electrons. The number of rotatable bonds is 9. The van der Waals surface area contributed by atoms with Crippen molar-refractivity contribution in [1.82, 2.24) is 15.1 Å². The number of benzene rings is 1. The van der Waals surface area contributed by atoms with E-state index in [9.17, 15) is 4.79 Å². The molecule has 8 heteroatoms. The maximum atomic E-state index is 12.5. The first-order valence-electron chi connectivity index (χ1n) is 11.1. The van der Waals surface area contributed by atoms with E-state index in [1.165, 1.54) is 4.88 Å². The Morgan fingerprint density at radius 3 is 2.79 bits per heavy atom. The first kappa shape index (κ1) is 24.7. The molecule has 0 saturated carbocycles. The highest BCUT2D eigenvalue weighted by Gasteiger charge is 2.21. The number of carbonyl (C=O) groups is 1. The van der Waals surface area contributed by atoms with Gasteiger partial charge in [0.1, 0.15) is 0 Å². The molecular weight excluding hydrogens is 505 g/mol. The normalized spacial score (nSPS) is 11.4. The fourth-order valence-corrected chi connectivity index (χ4v) is 5.80. The molecule has 1 aromatic carbocycles. The van der Waals surface area contributed by atoms with Crippen molar-refractivity contribution in [2.75, 3.05) is 0 Å². The molecule has 0 fully saturated rings. The van der Waals surface area contributed by atoms with Crippen molar-refractivity contribution in [2.45, 2.75) is 39.7 Å². The van der Waals surface area contributed by atoms with E-state index in [2.05, 4.69) is 36.5 Å². The van der Waals surface area contributed by atoms with E-state index in [-0.39, 0.29) is 5.91 Å². The summed E-state index contributed by atoms with van der Waals surface area (Å²) in [5, 5.41) is 10.9. The van der Waals surface area contributed by atoms with E-state index >= 15 is 0 Å². The van der Waals surface area contributed by atoms with Gasteiger partial charge in [0.2, 0.25) is 5.91 Å². The molecule has 0 saturated heterocycles. The topological polar surface area (TPSA) is 46.9 Å². The quantitative estimate of drug-likeness (QED) is 0.239. The van der Waals surface area contributed by atoms with Crippen LogP contribution >= 0.6 is 45.9 Å². The lowest BCUT2D eigenvalue weighted by molar-refractivity contribution is -0.120. The highest BCUT2D eigenvalue weighted by molar-refractivity contribution is 7.16. The van der Waals surface area contributed by atoms with Crippen molar-refractivity contribution in [1.29, 1.82) is 0 Å². The summed E-state index contributed by atoms with van der Waals surface area (Å²) in [6.45, 7) is 4.55. The zero-order valence-electron chi connectivity index (χ0n) is 19.0. The predicted octanol–water partition coefficient (Wildman–Crippen LogP) is 7.95. The summed E-state index contributed by atoms with van der Waals surface area (Å²) in [7, 11) is 0. The average Bonchev–Trinajstić information content (AvgIpc) is 3.54. The van der Waals surface area contributed by atoms with E-state index in [1.54, 1.807) is 34.8 Å². The molecule has 3 aromatic heterocycles. The van der Waals surface area contributed by atoms with Crippen LogP contribution < -0.4 is 5.32 Å². The molecule has 0 aliphatic carbocycles. The third-order valence-corrected chi connectivity index (χ3v) is 7.80. The Kier molecular flexibility index (Phi) is 8.27. The van der Waals surface area contributed by atoms with E-state index < -0.39 is 0 Å². The SMILES string of the molecule is CCCC=Cc1ccc(-c2c(C)c(CNC(=O)Cc3cccs3)nn2-c2ccc(Cl)cc2Cl)s1. The maximum Gasteiger partial charge on any atom is 0.225 e. The minimum atomic E-state index is -0.0260. The van der Waals surface area contributed by atoms with Crippen LogP contribution in [-0.4, -0.2) is 15.7 Å².